The fourth-order valence-electron chi connectivity index (χ4n) is 2.33. The third-order valence-corrected chi connectivity index (χ3v) is 4.02. The molecule has 0 aliphatic carbocycles. The van der Waals surface area contributed by atoms with Crippen LogP contribution in [-0.4, -0.2) is 41.5 Å². The van der Waals surface area contributed by atoms with E-state index in [1.54, 1.807) is 17.2 Å². The second-order valence-corrected chi connectivity index (χ2v) is 5.67. The number of amides is 1. The van der Waals surface area contributed by atoms with Gasteiger partial charge in [0.25, 0.3) is 0 Å². The highest BCUT2D eigenvalue weighted by Crippen LogP contribution is 2.19. The number of carbonyl (C=O) groups is 2. The number of thiazole rings is 1. The predicted molar refractivity (Wildman–Crippen MR) is 76.2 cm³/mol. The number of nitrogens with two attached hydrogens (primary N) is 1. The average molecular weight is 297 g/mol. The summed E-state index contributed by atoms with van der Waals surface area (Å²) in [4.78, 5) is 29.7. The first-order valence-electron chi connectivity index (χ1n) is 6.74. The van der Waals surface area contributed by atoms with Gasteiger partial charge in [0, 0.05) is 18.5 Å². The Hall–Kier alpha value is -1.63. The van der Waals surface area contributed by atoms with Crippen molar-refractivity contribution in [1.29, 1.82) is 0 Å². The topological polar surface area (TPSA) is 85.5 Å². The lowest BCUT2D eigenvalue weighted by Crippen LogP contribution is -2.43. The highest BCUT2D eigenvalue weighted by atomic mass is 32.1. The monoisotopic (exact) mass is 297 g/mol. The number of carbonyl (C=O) groups excluding carboxylic acids is 2. The fourth-order valence-corrected chi connectivity index (χ4v) is 2.89. The molecule has 1 aliphatic rings. The molecule has 7 heteroatoms. The number of piperidine rings is 1. The number of ether oxygens (including phenoxy) is 1. The van der Waals surface area contributed by atoms with Crippen molar-refractivity contribution in [3.63, 3.8) is 0 Å². The first kappa shape index (κ1) is 14.8. The Labute approximate surface area is 121 Å². The molecule has 1 unspecified atom stereocenters. The molecule has 1 aromatic rings. The quantitative estimate of drug-likeness (QED) is 0.840. The number of rotatable bonds is 4. The number of esters is 1. The van der Waals surface area contributed by atoms with Crippen LogP contribution in [-0.2, 0) is 20.7 Å². The standard InChI is InChI=1S/C13H19N3O3S/c1-2-19-12(18)9-4-3-5-16(7-9)11(17)6-10-8-20-13(14)15-10/h8-9H,2-7H2,1H3,(H2,14,15). The first-order valence-corrected chi connectivity index (χ1v) is 7.62. The average Bonchev–Trinajstić information content (AvgIpc) is 2.84. The van der Waals surface area contributed by atoms with Gasteiger partial charge in [-0.15, -0.1) is 11.3 Å². The third kappa shape index (κ3) is 3.69. The van der Waals surface area contributed by atoms with Gasteiger partial charge in [0.15, 0.2) is 5.13 Å². The lowest BCUT2D eigenvalue weighted by Gasteiger charge is -2.31. The molecule has 1 saturated heterocycles. The number of anilines is 1. The molecule has 2 rings (SSSR count). The summed E-state index contributed by atoms with van der Waals surface area (Å²) in [6.45, 7) is 3.29. The molecule has 1 fully saturated rings. The Kier molecular flexibility index (Phi) is 4.94. The van der Waals surface area contributed by atoms with Crippen LogP contribution in [0.5, 0.6) is 0 Å². The highest BCUT2D eigenvalue weighted by Gasteiger charge is 2.29. The van der Waals surface area contributed by atoms with Crippen LogP contribution in [0.2, 0.25) is 0 Å². The largest absolute Gasteiger partial charge is 0.466 e. The van der Waals surface area contributed by atoms with E-state index in [1.807, 2.05) is 0 Å². The van der Waals surface area contributed by atoms with E-state index in [-0.39, 0.29) is 24.2 Å². The molecular weight excluding hydrogens is 278 g/mol. The van der Waals surface area contributed by atoms with E-state index in [4.69, 9.17) is 10.5 Å². The Morgan fingerprint density at radius 3 is 3.05 bits per heavy atom. The van der Waals surface area contributed by atoms with Gasteiger partial charge in [0.05, 0.1) is 24.6 Å². The molecule has 1 amide bonds. The Morgan fingerprint density at radius 2 is 2.40 bits per heavy atom. The van der Waals surface area contributed by atoms with E-state index in [0.29, 0.717) is 30.5 Å². The van der Waals surface area contributed by atoms with Crippen LogP contribution in [0.1, 0.15) is 25.5 Å². The minimum atomic E-state index is -0.206. The second-order valence-electron chi connectivity index (χ2n) is 4.78. The third-order valence-electron chi connectivity index (χ3n) is 3.30. The fraction of sp³-hybridized carbons (Fsp3) is 0.615. The van der Waals surface area contributed by atoms with E-state index in [0.717, 1.165) is 12.8 Å². The summed E-state index contributed by atoms with van der Waals surface area (Å²) in [6.07, 6.45) is 1.85. The maximum absolute atomic E-state index is 12.2. The van der Waals surface area contributed by atoms with E-state index in [1.165, 1.54) is 11.3 Å². The summed E-state index contributed by atoms with van der Waals surface area (Å²) in [5, 5.41) is 2.26. The van der Waals surface area contributed by atoms with Crippen molar-refractivity contribution in [3.05, 3.63) is 11.1 Å². The molecule has 2 N–H and O–H groups in total. The Bertz CT molecular complexity index is 489. The minimum absolute atomic E-state index is 0.00991. The van der Waals surface area contributed by atoms with Gasteiger partial charge in [-0.2, -0.15) is 0 Å². The second kappa shape index (κ2) is 6.69. The van der Waals surface area contributed by atoms with Gasteiger partial charge in [0.2, 0.25) is 5.91 Å². The van der Waals surface area contributed by atoms with Crippen LogP contribution in [0.25, 0.3) is 0 Å². The zero-order valence-corrected chi connectivity index (χ0v) is 12.3. The highest BCUT2D eigenvalue weighted by molar-refractivity contribution is 7.13. The van der Waals surface area contributed by atoms with E-state index >= 15 is 0 Å². The van der Waals surface area contributed by atoms with E-state index in [2.05, 4.69) is 4.98 Å². The van der Waals surface area contributed by atoms with Crippen LogP contribution in [0.3, 0.4) is 0 Å². The maximum Gasteiger partial charge on any atom is 0.310 e. The molecule has 0 spiro atoms. The van der Waals surface area contributed by atoms with Crippen molar-refractivity contribution in [1.82, 2.24) is 9.88 Å². The molecule has 2 heterocycles. The normalized spacial score (nSPS) is 18.9. The molecule has 0 aromatic carbocycles. The summed E-state index contributed by atoms with van der Waals surface area (Å²) in [6, 6.07) is 0. The van der Waals surface area contributed by atoms with Gasteiger partial charge in [-0.1, -0.05) is 0 Å². The molecule has 0 bridgehead atoms. The number of nitrogens with zero attached hydrogens (tertiary/aromatic N) is 2. The molecule has 1 aliphatic heterocycles. The SMILES string of the molecule is CCOC(=O)C1CCCN(C(=O)Cc2csc(N)n2)C1. The van der Waals surface area contributed by atoms with Crippen molar-refractivity contribution < 1.29 is 14.3 Å². The molecule has 1 atom stereocenters. The van der Waals surface area contributed by atoms with Gasteiger partial charge >= 0.3 is 5.97 Å². The predicted octanol–water partition coefficient (Wildman–Crippen LogP) is 1.07. The van der Waals surface area contributed by atoms with E-state index < -0.39 is 0 Å². The van der Waals surface area contributed by atoms with Crippen molar-refractivity contribution in [2.75, 3.05) is 25.4 Å². The zero-order valence-electron chi connectivity index (χ0n) is 11.5. The summed E-state index contributed by atoms with van der Waals surface area (Å²) < 4.78 is 5.03. The summed E-state index contributed by atoms with van der Waals surface area (Å²) >= 11 is 1.33. The molecular formula is C13H19N3O3S. The summed E-state index contributed by atoms with van der Waals surface area (Å²) in [5.74, 6) is -0.416. The number of aromatic nitrogens is 1. The van der Waals surface area contributed by atoms with Crippen LogP contribution in [0.4, 0.5) is 5.13 Å². The zero-order chi connectivity index (χ0) is 14.5. The van der Waals surface area contributed by atoms with Crippen LogP contribution >= 0.6 is 11.3 Å². The van der Waals surface area contributed by atoms with Gasteiger partial charge < -0.3 is 15.4 Å². The Morgan fingerprint density at radius 1 is 1.60 bits per heavy atom. The van der Waals surface area contributed by atoms with Crippen molar-refractivity contribution in [3.8, 4) is 0 Å². The number of nitrogen functional groups attached to an aromatic ring is 1. The lowest BCUT2D eigenvalue weighted by atomic mass is 9.98. The molecule has 0 saturated carbocycles. The van der Waals surface area contributed by atoms with Gasteiger partial charge in [-0.25, -0.2) is 4.98 Å². The summed E-state index contributed by atoms with van der Waals surface area (Å²) in [5.41, 5.74) is 6.24. The molecule has 6 nitrogen and oxygen atoms in total. The van der Waals surface area contributed by atoms with E-state index in [9.17, 15) is 9.59 Å². The summed E-state index contributed by atoms with van der Waals surface area (Å²) in [7, 11) is 0. The number of hydrogen-bond acceptors (Lipinski definition) is 6. The first-order chi connectivity index (χ1) is 9.60. The van der Waals surface area contributed by atoms with Gasteiger partial charge in [-0.3, -0.25) is 9.59 Å². The van der Waals surface area contributed by atoms with Crippen LogP contribution < -0.4 is 5.73 Å². The number of likely N-dealkylation sites (tertiary alicyclic amines) is 1. The molecule has 0 radical (unpaired) electrons. The van der Waals surface area contributed by atoms with Gasteiger partial charge in [0.1, 0.15) is 0 Å². The van der Waals surface area contributed by atoms with Crippen LogP contribution in [0.15, 0.2) is 5.38 Å². The van der Waals surface area contributed by atoms with Crippen molar-refractivity contribution >= 4 is 28.3 Å². The van der Waals surface area contributed by atoms with Crippen LogP contribution in [0, 0.1) is 5.92 Å². The Balaban J connectivity index is 1.91. The molecule has 110 valence electrons. The minimum Gasteiger partial charge on any atom is -0.466 e. The lowest BCUT2D eigenvalue weighted by molar-refractivity contribution is -0.151. The molecule has 20 heavy (non-hydrogen) atoms. The maximum atomic E-state index is 12.2. The van der Waals surface area contributed by atoms with Gasteiger partial charge in [-0.05, 0) is 19.8 Å². The van der Waals surface area contributed by atoms with Crippen molar-refractivity contribution in [2.45, 2.75) is 26.2 Å². The number of hydrogen-bond donors (Lipinski definition) is 1. The molecule has 1 aromatic heterocycles. The van der Waals surface area contributed by atoms with Crippen molar-refractivity contribution in [2.24, 2.45) is 5.92 Å². The smallest absolute Gasteiger partial charge is 0.310 e.